The Labute approximate surface area is 195 Å². The molecule has 0 aliphatic carbocycles. The zero-order chi connectivity index (χ0) is 22.8. The van der Waals surface area contributed by atoms with Crippen LogP contribution < -0.4 is 10.1 Å². The molecule has 2 heterocycles. The van der Waals surface area contributed by atoms with Crippen molar-refractivity contribution in [3.8, 4) is 5.75 Å². The number of para-hydroxylation sites is 3. The summed E-state index contributed by atoms with van der Waals surface area (Å²) in [5.41, 5.74) is 2.93. The average Bonchev–Trinajstić information content (AvgIpc) is 3.21. The molecule has 1 N–H and O–H groups in total. The molecule has 0 unspecified atom stereocenters. The van der Waals surface area contributed by atoms with Gasteiger partial charge in [-0.05, 0) is 29.8 Å². The van der Waals surface area contributed by atoms with E-state index in [0.29, 0.717) is 22.4 Å². The van der Waals surface area contributed by atoms with Gasteiger partial charge in [0, 0.05) is 5.56 Å². The second kappa shape index (κ2) is 8.91. The normalized spacial score (nSPS) is 16.5. The third-order valence-corrected chi connectivity index (χ3v) is 6.24. The second-order valence-electron chi connectivity index (χ2n) is 7.39. The molecule has 8 heteroatoms. The monoisotopic (exact) mass is 456 g/mol. The molecule has 2 aliphatic heterocycles. The second-order valence-corrected chi connectivity index (χ2v) is 8.33. The van der Waals surface area contributed by atoms with Crippen molar-refractivity contribution in [3.05, 3.63) is 90.0 Å². The number of carbonyl (C=O) groups excluding carboxylic acids is 2. The van der Waals surface area contributed by atoms with Crippen LogP contribution in [0.1, 0.15) is 17.2 Å². The molecule has 0 bridgehead atoms. The van der Waals surface area contributed by atoms with Crippen molar-refractivity contribution in [3.63, 3.8) is 0 Å². The van der Waals surface area contributed by atoms with Crippen LogP contribution in [0.2, 0.25) is 0 Å². The standard InChI is InChI=1S/C25H20N4O3S/c1-32-20-14-8-7-13-19(20)26-21(30)15-33-25-27-18-12-6-5-11-17(18)23-28-22(24(31)29(23)25)16-9-3-2-4-10-16/h2-14,22H,15H2,1H3,(H,26,30)/t22-/m1/s1. The maximum atomic E-state index is 13.4. The number of ether oxygens (including phenoxy) is 1. The Morgan fingerprint density at radius 3 is 2.58 bits per heavy atom. The lowest BCUT2D eigenvalue weighted by atomic mass is 10.1. The highest BCUT2D eigenvalue weighted by Gasteiger charge is 2.42. The molecule has 1 atom stereocenters. The zero-order valence-electron chi connectivity index (χ0n) is 17.8. The summed E-state index contributed by atoms with van der Waals surface area (Å²) in [6.45, 7) is 0. The van der Waals surface area contributed by atoms with Gasteiger partial charge in [-0.15, -0.1) is 0 Å². The minimum Gasteiger partial charge on any atom is -0.495 e. The van der Waals surface area contributed by atoms with Crippen molar-refractivity contribution in [2.45, 2.75) is 6.04 Å². The quantitative estimate of drug-likeness (QED) is 0.617. The molecule has 164 valence electrons. The average molecular weight is 457 g/mol. The fraction of sp³-hybridized carbons (Fsp3) is 0.120. The van der Waals surface area contributed by atoms with E-state index in [4.69, 9.17) is 9.73 Å². The molecule has 0 fully saturated rings. The Balaban J connectivity index is 1.40. The maximum absolute atomic E-state index is 13.4. The Kier molecular flexibility index (Phi) is 5.66. The molecule has 0 radical (unpaired) electrons. The molecule has 7 nitrogen and oxygen atoms in total. The van der Waals surface area contributed by atoms with Crippen molar-refractivity contribution in [2.24, 2.45) is 9.98 Å². The third kappa shape index (κ3) is 4.01. The summed E-state index contributed by atoms with van der Waals surface area (Å²) < 4.78 is 5.29. The Hall–Kier alpha value is -3.91. The smallest absolute Gasteiger partial charge is 0.263 e. The summed E-state index contributed by atoms with van der Waals surface area (Å²) in [4.78, 5) is 37.0. The van der Waals surface area contributed by atoms with Gasteiger partial charge in [-0.3, -0.25) is 9.59 Å². The van der Waals surface area contributed by atoms with Crippen molar-refractivity contribution >= 4 is 46.0 Å². The molecule has 0 aromatic heterocycles. The predicted molar refractivity (Wildman–Crippen MR) is 130 cm³/mol. The number of nitrogens with one attached hydrogen (secondary N) is 1. The van der Waals surface area contributed by atoms with E-state index < -0.39 is 6.04 Å². The van der Waals surface area contributed by atoms with Crippen LogP contribution in [0, 0.1) is 0 Å². The third-order valence-electron chi connectivity index (χ3n) is 5.30. The van der Waals surface area contributed by atoms with Crippen LogP contribution in [0.3, 0.4) is 0 Å². The van der Waals surface area contributed by atoms with E-state index in [2.05, 4.69) is 10.3 Å². The number of amidine groups is 2. The van der Waals surface area contributed by atoms with Crippen LogP contribution >= 0.6 is 11.8 Å². The molecule has 0 saturated heterocycles. The largest absolute Gasteiger partial charge is 0.495 e. The number of nitrogens with zero attached hydrogens (tertiary/aromatic N) is 3. The maximum Gasteiger partial charge on any atom is 0.263 e. The van der Waals surface area contributed by atoms with E-state index in [9.17, 15) is 9.59 Å². The van der Waals surface area contributed by atoms with Gasteiger partial charge in [0.2, 0.25) is 5.91 Å². The SMILES string of the molecule is COc1ccccc1NC(=O)CSC1=Nc2ccccc2C2=N[C@H](c3ccccc3)C(=O)N12. The van der Waals surface area contributed by atoms with Gasteiger partial charge in [0.15, 0.2) is 11.2 Å². The number of rotatable bonds is 5. The van der Waals surface area contributed by atoms with Gasteiger partial charge in [-0.1, -0.05) is 66.4 Å². The van der Waals surface area contributed by atoms with E-state index in [1.165, 1.54) is 16.7 Å². The van der Waals surface area contributed by atoms with Crippen molar-refractivity contribution in [1.82, 2.24) is 4.90 Å². The number of carbonyl (C=O) groups is 2. The van der Waals surface area contributed by atoms with Gasteiger partial charge < -0.3 is 10.1 Å². The van der Waals surface area contributed by atoms with E-state index in [0.717, 1.165) is 16.8 Å². The number of hydrogen-bond donors (Lipinski definition) is 1. The molecule has 3 aromatic rings. The number of hydrogen-bond acceptors (Lipinski definition) is 6. The predicted octanol–water partition coefficient (Wildman–Crippen LogP) is 4.40. The van der Waals surface area contributed by atoms with Gasteiger partial charge >= 0.3 is 0 Å². The van der Waals surface area contributed by atoms with Gasteiger partial charge in [-0.25, -0.2) is 14.9 Å². The highest BCUT2D eigenvalue weighted by atomic mass is 32.2. The van der Waals surface area contributed by atoms with Crippen LogP contribution in [-0.2, 0) is 9.59 Å². The summed E-state index contributed by atoms with van der Waals surface area (Å²) in [5.74, 6) is 0.811. The number of thioether (sulfide) groups is 1. The Morgan fingerprint density at radius 2 is 1.76 bits per heavy atom. The van der Waals surface area contributed by atoms with Crippen molar-refractivity contribution in [1.29, 1.82) is 0 Å². The zero-order valence-corrected chi connectivity index (χ0v) is 18.6. The number of benzene rings is 3. The number of aliphatic imine (C=N–C) groups is 2. The van der Waals surface area contributed by atoms with Gasteiger partial charge in [-0.2, -0.15) is 0 Å². The summed E-state index contributed by atoms with van der Waals surface area (Å²) in [6.07, 6.45) is 0. The summed E-state index contributed by atoms with van der Waals surface area (Å²) in [6, 6.07) is 23.6. The van der Waals surface area contributed by atoms with E-state index in [-0.39, 0.29) is 17.6 Å². The minimum atomic E-state index is -0.638. The molecule has 5 rings (SSSR count). The summed E-state index contributed by atoms with van der Waals surface area (Å²) in [5, 5.41) is 3.29. The number of fused-ring (bicyclic) bond motifs is 3. The first-order chi connectivity index (χ1) is 16.2. The van der Waals surface area contributed by atoms with Gasteiger partial charge in [0.1, 0.15) is 11.6 Å². The van der Waals surface area contributed by atoms with Crippen molar-refractivity contribution in [2.75, 3.05) is 18.2 Å². The number of methoxy groups -OCH3 is 1. The highest BCUT2D eigenvalue weighted by molar-refractivity contribution is 8.14. The first-order valence-electron chi connectivity index (χ1n) is 10.4. The van der Waals surface area contributed by atoms with Crippen LogP contribution in [0.5, 0.6) is 5.75 Å². The molecule has 0 saturated carbocycles. The fourth-order valence-corrected chi connectivity index (χ4v) is 4.56. The van der Waals surface area contributed by atoms with Crippen LogP contribution in [0.4, 0.5) is 11.4 Å². The molecular formula is C25H20N4O3S. The summed E-state index contributed by atoms with van der Waals surface area (Å²) in [7, 11) is 1.55. The fourth-order valence-electron chi connectivity index (χ4n) is 3.76. The molecule has 33 heavy (non-hydrogen) atoms. The summed E-state index contributed by atoms with van der Waals surface area (Å²) >= 11 is 1.20. The first kappa shape index (κ1) is 21.0. The molecule has 0 spiro atoms. The van der Waals surface area contributed by atoms with Crippen LogP contribution in [-0.4, -0.2) is 40.6 Å². The lowest BCUT2D eigenvalue weighted by Crippen LogP contribution is -2.40. The van der Waals surface area contributed by atoms with Crippen molar-refractivity contribution < 1.29 is 14.3 Å². The molecular weight excluding hydrogens is 436 g/mol. The van der Waals surface area contributed by atoms with Gasteiger partial charge in [0.25, 0.3) is 5.91 Å². The lowest BCUT2D eigenvalue weighted by Gasteiger charge is -2.25. The molecule has 2 amide bonds. The van der Waals surface area contributed by atoms with E-state index >= 15 is 0 Å². The number of anilines is 1. The Bertz CT molecular complexity index is 1290. The molecule has 3 aromatic carbocycles. The highest BCUT2D eigenvalue weighted by Crippen LogP contribution is 2.37. The first-order valence-corrected chi connectivity index (χ1v) is 11.3. The van der Waals surface area contributed by atoms with Gasteiger partial charge in [0.05, 0.1) is 24.2 Å². The van der Waals surface area contributed by atoms with Crippen LogP contribution in [0.25, 0.3) is 0 Å². The molecule has 2 aliphatic rings. The van der Waals surface area contributed by atoms with E-state index in [1.54, 1.807) is 19.2 Å². The Morgan fingerprint density at radius 1 is 1.03 bits per heavy atom. The topological polar surface area (TPSA) is 83.4 Å². The lowest BCUT2D eigenvalue weighted by molar-refractivity contribution is -0.124. The van der Waals surface area contributed by atoms with E-state index in [1.807, 2.05) is 66.7 Å². The van der Waals surface area contributed by atoms with Crippen LogP contribution in [0.15, 0.2) is 88.8 Å². The number of amides is 2. The minimum absolute atomic E-state index is 0.0755.